The van der Waals surface area contributed by atoms with Crippen LogP contribution in [-0.2, 0) is 11.2 Å². The van der Waals surface area contributed by atoms with Gasteiger partial charge in [0, 0.05) is 29.2 Å². The third-order valence-electron chi connectivity index (χ3n) is 6.18. The Morgan fingerprint density at radius 3 is 2.51 bits per heavy atom. The highest BCUT2D eigenvalue weighted by Crippen LogP contribution is 2.38. The molecular formula is C29H27N3O4S. The number of carbonyl (C=O) groups is 1. The molecule has 1 aliphatic rings. The van der Waals surface area contributed by atoms with Crippen LogP contribution in [0.1, 0.15) is 11.1 Å². The average molecular weight is 514 g/mol. The van der Waals surface area contributed by atoms with E-state index >= 15 is 0 Å². The van der Waals surface area contributed by atoms with Crippen LogP contribution in [0.3, 0.4) is 0 Å². The number of benzene rings is 3. The number of carbonyl (C=O) groups excluding carboxylic acids is 1. The summed E-state index contributed by atoms with van der Waals surface area (Å²) >= 11 is 1.35. The number of rotatable bonds is 8. The molecule has 1 fully saturated rings. The second kappa shape index (κ2) is 10.8. The van der Waals surface area contributed by atoms with Gasteiger partial charge in [0.2, 0.25) is 0 Å². The quantitative estimate of drug-likeness (QED) is 0.291. The zero-order chi connectivity index (χ0) is 25.8. The van der Waals surface area contributed by atoms with Gasteiger partial charge in [-0.15, -0.1) is 0 Å². The number of hydrogen-bond donors (Lipinski definition) is 1. The Labute approximate surface area is 219 Å². The molecule has 3 aromatic carbocycles. The van der Waals surface area contributed by atoms with Gasteiger partial charge in [-0.3, -0.25) is 9.69 Å². The summed E-state index contributed by atoms with van der Waals surface area (Å²) in [4.78, 5) is 24.1. The Balaban J connectivity index is 1.49. The molecule has 1 amide bonds. The normalized spacial score (nSPS) is 15.6. The number of hydrogen-bond acceptors (Lipinski definition) is 6. The molecule has 0 aliphatic carbocycles. The first-order valence-electron chi connectivity index (χ1n) is 11.8. The summed E-state index contributed by atoms with van der Waals surface area (Å²) in [6.07, 6.45) is 4.54. The fraction of sp³-hybridized carbons (Fsp3) is 0.172. The number of fused-ring (bicyclic) bond motifs is 1. The number of ether oxygens (including phenoxy) is 3. The van der Waals surface area contributed by atoms with Crippen molar-refractivity contribution in [3.8, 4) is 17.2 Å². The summed E-state index contributed by atoms with van der Waals surface area (Å²) < 4.78 is 16.3. The first-order valence-corrected chi connectivity index (χ1v) is 12.6. The van der Waals surface area contributed by atoms with Gasteiger partial charge in [0.1, 0.15) is 5.75 Å². The average Bonchev–Trinajstić information content (AvgIpc) is 3.47. The number of methoxy groups -OCH3 is 3. The lowest BCUT2D eigenvalue weighted by molar-refractivity contribution is -0.122. The molecule has 1 N–H and O–H groups in total. The zero-order valence-corrected chi connectivity index (χ0v) is 21.7. The molecule has 7 nitrogen and oxygen atoms in total. The van der Waals surface area contributed by atoms with E-state index in [0.717, 1.165) is 33.5 Å². The number of amidine groups is 1. The third-order valence-corrected chi connectivity index (χ3v) is 7.19. The molecule has 0 bridgehead atoms. The number of aromatic amines is 1. The monoisotopic (exact) mass is 513 g/mol. The van der Waals surface area contributed by atoms with E-state index < -0.39 is 0 Å². The van der Waals surface area contributed by atoms with Gasteiger partial charge in [0.25, 0.3) is 5.91 Å². The first-order chi connectivity index (χ1) is 18.1. The minimum Gasteiger partial charge on any atom is -0.497 e. The lowest BCUT2D eigenvalue weighted by Gasteiger charge is -2.15. The van der Waals surface area contributed by atoms with Gasteiger partial charge >= 0.3 is 0 Å². The maximum absolute atomic E-state index is 13.6. The minimum atomic E-state index is -0.0954. The van der Waals surface area contributed by atoms with Crippen LogP contribution in [0, 0.1) is 0 Å². The molecule has 8 heteroatoms. The topological polar surface area (TPSA) is 76.2 Å². The second-order valence-corrected chi connectivity index (χ2v) is 9.36. The summed E-state index contributed by atoms with van der Waals surface area (Å²) in [6.45, 7) is 0.495. The van der Waals surface area contributed by atoms with Gasteiger partial charge in [-0.1, -0.05) is 30.3 Å². The number of aliphatic imine (C=N–C) groups is 1. The molecule has 0 unspecified atom stereocenters. The van der Waals surface area contributed by atoms with E-state index in [0.29, 0.717) is 34.5 Å². The highest BCUT2D eigenvalue weighted by atomic mass is 32.2. The maximum Gasteiger partial charge on any atom is 0.266 e. The first kappa shape index (κ1) is 24.5. The smallest absolute Gasteiger partial charge is 0.266 e. The largest absolute Gasteiger partial charge is 0.497 e. The highest BCUT2D eigenvalue weighted by Gasteiger charge is 2.33. The molecule has 0 atom stereocenters. The van der Waals surface area contributed by atoms with Crippen molar-refractivity contribution in [1.82, 2.24) is 9.88 Å². The van der Waals surface area contributed by atoms with Gasteiger partial charge in [-0.25, -0.2) is 4.99 Å². The summed E-state index contributed by atoms with van der Waals surface area (Å²) in [5, 5.41) is 1.79. The van der Waals surface area contributed by atoms with Crippen molar-refractivity contribution >= 4 is 45.5 Å². The van der Waals surface area contributed by atoms with Crippen molar-refractivity contribution < 1.29 is 19.0 Å². The fourth-order valence-electron chi connectivity index (χ4n) is 4.29. The predicted molar refractivity (Wildman–Crippen MR) is 149 cm³/mol. The Morgan fingerprint density at radius 2 is 1.76 bits per heavy atom. The van der Waals surface area contributed by atoms with Crippen molar-refractivity contribution in [1.29, 1.82) is 0 Å². The Hall–Kier alpha value is -4.17. The number of thioether (sulfide) groups is 1. The number of amides is 1. The summed E-state index contributed by atoms with van der Waals surface area (Å²) in [6, 6.07) is 21.2. The van der Waals surface area contributed by atoms with Gasteiger partial charge in [0.05, 0.1) is 31.9 Å². The summed E-state index contributed by atoms with van der Waals surface area (Å²) in [7, 11) is 4.81. The van der Waals surface area contributed by atoms with Crippen LogP contribution >= 0.6 is 11.8 Å². The van der Waals surface area contributed by atoms with Crippen molar-refractivity contribution in [3.63, 3.8) is 0 Å². The molecule has 2 heterocycles. The standard InChI is InChI=1S/C29H27N3O4S/c1-34-22-13-11-21(12-14-22)31-29-32(16-15-20-18-30-24-9-5-4-8-23(20)24)28(33)26(37-29)17-19-7-6-10-25(35-2)27(19)36-3/h4-14,17-18,30H,15-16H2,1-3H3/b26-17-,31-29?. The van der Waals surface area contributed by atoms with Crippen molar-refractivity contribution in [3.05, 3.63) is 89.0 Å². The molecule has 0 spiro atoms. The fourth-order valence-corrected chi connectivity index (χ4v) is 5.31. The van der Waals surface area contributed by atoms with Crippen LogP contribution < -0.4 is 14.2 Å². The maximum atomic E-state index is 13.6. The van der Waals surface area contributed by atoms with E-state index in [2.05, 4.69) is 17.1 Å². The van der Waals surface area contributed by atoms with E-state index in [-0.39, 0.29) is 5.91 Å². The van der Waals surface area contributed by atoms with E-state index in [1.807, 2.05) is 66.9 Å². The molecule has 1 aromatic heterocycles. The van der Waals surface area contributed by atoms with Crippen molar-refractivity contribution in [2.45, 2.75) is 6.42 Å². The van der Waals surface area contributed by atoms with Crippen LogP contribution in [-0.4, -0.2) is 48.8 Å². The molecule has 1 saturated heterocycles. The summed E-state index contributed by atoms with van der Waals surface area (Å²) in [5.74, 6) is 1.84. The van der Waals surface area contributed by atoms with Crippen LogP contribution in [0.4, 0.5) is 5.69 Å². The number of H-pyrrole nitrogens is 1. The molecule has 5 rings (SSSR count). The van der Waals surface area contributed by atoms with Crippen LogP contribution in [0.25, 0.3) is 17.0 Å². The Kier molecular flexibility index (Phi) is 7.18. The van der Waals surface area contributed by atoms with E-state index in [4.69, 9.17) is 19.2 Å². The van der Waals surface area contributed by atoms with E-state index in [1.54, 1.807) is 26.2 Å². The second-order valence-electron chi connectivity index (χ2n) is 8.35. The van der Waals surface area contributed by atoms with Crippen molar-refractivity contribution in [2.24, 2.45) is 4.99 Å². The van der Waals surface area contributed by atoms with Gasteiger partial charge in [0.15, 0.2) is 16.7 Å². The summed E-state index contributed by atoms with van der Waals surface area (Å²) in [5.41, 5.74) is 3.75. The number of aromatic nitrogens is 1. The number of para-hydroxylation sites is 2. The highest BCUT2D eigenvalue weighted by molar-refractivity contribution is 8.18. The molecule has 37 heavy (non-hydrogen) atoms. The van der Waals surface area contributed by atoms with E-state index in [1.165, 1.54) is 11.8 Å². The molecule has 0 radical (unpaired) electrons. The molecular weight excluding hydrogens is 486 g/mol. The SMILES string of the molecule is COc1ccc(N=C2S/C(=C\c3cccc(OC)c3OC)C(=O)N2CCc2c[nH]c3ccccc23)cc1. The zero-order valence-electron chi connectivity index (χ0n) is 20.9. The molecule has 1 aliphatic heterocycles. The minimum absolute atomic E-state index is 0.0954. The van der Waals surface area contributed by atoms with Crippen LogP contribution in [0.5, 0.6) is 17.2 Å². The van der Waals surface area contributed by atoms with Gasteiger partial charge in [-0.05, 0) is 66.2 Å². The van der Waals surface area contributed by atoms with Crippen LogP contribution in [0.2, 0.25) is 0 Å². The third kappa shape index (κ3) is 5.06. The number of nitrogens with zero attached hydrogens (tertiary/aromatic N) is 2. The lowest BCUT2D eigenvalue weighted by atomic mass is 10.1. The van der Waals surface area contributed by atoms with Crippen LogP contribution in [0.15, 0.2) is 82.8 Å². The van der Waals surface area contributed by atoms with Gasteiger partial charge in [-0.2, -0.15) is 0 Å². The number of nitrogens with one attached hydrogen (secondary N) is 1. The Morgan fingerprint density at radius 1 is 0.946 bits per heavy atom. The van der Waals surface area contributed by atoms with Crippen molar-refractivity contribution in [2.75, 3.05) is 27.9 Å². The molecule has 4 aromatic rings. The lowest BCUT2D eigenvalue weighted by Crippen LogP contribution is -2.31. The van der Waals surface area contributed by atoms with E-state index in [9.17, 15) is 4.79 Å². The Bertz CT molecular complexity index is 1490. The predicted octanol–water partition coefficient (Wildman–Crippen LogP) is 6.04. The molecule has 188 valence electrons. The van der Waals surface area contributed by atoms with Gasteiger partial charge < -0.3 is 19.2 Å². The molecule has 0 saturated carbocycles.